The van der Waals surface area contributed by atoms with E-state index in [9.17, 15) is 5.11 Å². The van der Waals surface area contributed by atoms with Gasteiger partial charge in [-0.1, -0.05) is 24.3 Å². The summed E-state index contributed by atoms with van der Waals surface area (Å²) in [7, 11) is 0. The Morgan fingerprint density at radius 2 is 1.95 bits per heavy atom. The average molecular weight is 250 g/mol. The molecule has 19 heavy (non-hydrogen) atoms. The first-order valence-electron chi connectivity index (χ1n) is 6.25. The minimum absolute atomic E-state index is 0.509. The van der Waals surface area contributed by atoms with Crippen LogP contribution in [-0.4, -0.2) is 15.1 Å². The van der Waals surface area contributed by atoms with E-state index < -0.39 is 6.10 Å². The lowest BCUT2D eigenvalue weighted by atomic mass is 9.99. The third kappa shape index (κ3) is 2.46. The summed E-state index contributed by atoms with van der Waals surface area (Å²) in [5.41, 5.74) is 1.78. The Hall–Kier alpha value is -2.26. The molecule has 0 amide bonds. The zero-order valence-corrected chi connectivity index (χ0v) is 10.4. The minimum atomic E-state index is -0.567. The zero-order valence-electron chi connectivity index (χ0n) is 10.4. The van der Waals surface area contributed by atoms with E-state index in [-0.39, 0.29) is 0 Å². The van der Waals surface area contributed by atoms with Gasteiger partial charge in [0.25, 0.3) is 0 Å². The molecule has 0 fully saturated rings. The number of pyridine rings is 2. The molecule has 0 spiro atoms. The monoisotopic (exact) mass is 250 g/mol. The molecule has 3 nitrogen and oxygen atoms in total. The van der Waals surface area contributed by atoms with Gasteiger partial charge in [-0.3, -0.25) is 9.97 Å². The molecule has 3 heteroatoms. The fraction of sp³-hybridized carbons (Fsp3) is 0.125. The summed E-state index contributed by atoms with van der Waals surface area (Å²) in [4.78, 5) is 8.38. The Balaban J connectivity index is 1.96. The van der Waals surface area contributed by atoms with Gasteiger partial charge in [-0.2, -0.15) is 0 Å². The van der Waals surface area contributed by atoms with Crippen molar-refractivity contribution in [3.63, 3.8) is 0 Å². The Morgan fingerprint density at radius 1 is 1.00 bits per heavy atom. The number of aromatic nitrogens is 2. The van der Waals surface area contributed by atoms with Crippen molar-refractivity contribution < 1.29 is 5.11 Å². The second-order valence-corrected chi connectivity index (χ2v) is 4.49. The fourth-order valence-electron chi connectivity index (χ4n) is 2.25. The third-order valence-corrected chi connectivity index (χ3v) is 3.21. The molecule has 0 bridgehead atoms. The molecule has 3 aromatic rings. The van der Waals surface area contributed by atoms with Crippen LogP contribution in [0.3, 0.4) is 0 Å². The summed E-state index contributed by atoms with van der Waals surface area (Å²) in [6.45, 7) is 0. The van der Waals surface area contributed by atoms with Crippen LogP contribution in [0.2, 0.25) is 0 Å². The van der Waals surface area contributed by atoms with E-state index in [0.29, 0.717) is 6.42 Å². The maximum absolute atomic E-state index is 10.4. The van der Waals surface area contributed by atoms with Crippen LogP contribution in [0, 0.1) is 0 Å². The number of aliphatic hydroxyl groups excluding tert-OH is 1. The summed E-state index contributed by atoms with van der Waals surface area (Å²) in [6.07, 6.45) is 5.24. The van der Waals surface area contributed by atoms with Crippen molar-refractivity contribution in [3.05, 3.63) is 72.3 Å². The topological polar surface area (TPSA) is 46.0 Å². The molecule has 0 saturated heterocycles. The summed E-state index contributed by atoms with van der Waals surface area (Å²) in [6, 6.07) is 13.6. The fourth-order valence-corrected chi connectivity index (χ4v) is 2.25. The minimum Gasteiger partial charge on any atom is -0.388 e. The highest BCUT2D eigenvalue weighted by Crippen LogP contribution is 2.25. The van der Waals surface area contributed by atoms with Crippen LogP contribution in [0.4, 0.5) is 0 Å². The maximum Gasteiger partial charge on any atom is 0.0852 e. The molecule has 0 radical (unpaired) electrons. The van der Waals surface area contributed by atoms with Crippen LogP contribution in [-0.2, 0) is 6.42 Å². The van der Waals surface area contributed by atoms with E-state index in [2.05, 4.69) is 9.97 Å². The number of hydrogen-bond donors (Lipinski definition) is 1. The third-order valence-electron chi connectivity index (χ3n) is 3.21. The zero-order chi connectivity index (χ0) is 13.1. The van der Waals surface area contributed by atoms with Crippen LogP contribution in [0.5, 0.6) is 0 Å². The Labute approximate surface area is 111 Å². The molecule has 2 heterocycles. The van der Waals surface area contributed by atoms with Gasteiger partial charge in [-0.05, 0) is 29.1 Å². The number of nitrogens with zero attached hydrogens (tertiary/aromatic N) is 2. The summed E-state index contributed by atoms with van der Waals surface area (Å²) in [5.74, 6) is 0. The van der Waals surface area contributed by atoms with Gasteiger partial charge in [0, 0.05) is 36.1 Å². The Morgan fingerprint density at radius 3 is 2.79 bits per heavy atom. The Kier molecular flexibility index (Phi) is 3.21. The second-order valence-electron chi connectivity index (χ2n) is 4.49. The number of hydrogen-bond acceptors (Lipinski definition) is 3. The highest BCUT2D eigenvalue weighted by Gasteiger charge is 2.12. The lowest BCUT2D eigenvalue weighted by Gasteiger charge is -2.13. The number of benzene rings is 1. The van der Waals surface area contributed by atoms with Crippen LogP contribution in [0.15, 0.2) is 61.1 Å². The molecule has 3 rings (SSSR count). The predicted octanol–water partition coefficient (Wildman–Crippen LogP) is 2.91. The highest BCUT2D eigenvalue weighted by molar-refractivity contribution is 5.85. The quantitative estimate of drug-likeness (QED) is 0.777. The van der Waals surface area contributed by atoms with E-state index in [0.717, 1.165) is 22.0 Å². The first-order chi connectivity index (χ1) is 9.34. The number of fused-ring (bicyclic) bond motifs is 1. The molecular formula is C16H14N2O. The van der Waals surface area contributed by atoms with Crippen LogP contribution in [0.1, 0.15) is 17.4 Å². The molecule has 2 aromatic heterocycles. The molecule has 1 aromatic carbocycles. The van der Waals surface area contributed by atoms with Gasteiger partial charge >= 0.3 is 0 Å². The average Bonchev–Trinajstić information content (AvgIpc) is 2.47. The molecule has 1 unspecified atom stereocenters. The van der Waals surface area contributed by atoms with Crippen molar-refractivity contribution in [2.24, 2.45) is 0 Å². The number of rotatable bonds is 3. The molecule has 0 aliphatic rings. The molecule has 0 aliphatic carbocycles. The molecule has 0 saturated carbocycles. The lowest BCUT2D eigenvalue weighted by molar-refractivity contribution is 0.179. The van der Waals surface area contributed by atoms with E-state index in [1.54, 1.807) is 18.6 Å². The van der Waals surface area contributed by atoms with Crippen molar-refractivity contribution in [3.8, 4) is 0 Å². The lowest BCUT2D eigenvalue weighted by Crippen LogP contribution is -2.04. The van der Waals surface area contributed by atoms with Gasteiger partial charge in [0.1, 0.15) is 0 Å². The molecule has 1 N–H and O–H groups in total. The van der Waals surface area contributed by atoms with Crippen LogP contribution in [0.25, 0.3) is 10.8 Å². The van der Waals surface area contributed by atoms with Gasteiger partial charge in [0.15, 0.2) is 0 Å². The van der Waals surface area contributed by atoms with E-state index in [1.165, 1.54) is 0 Å². The van der Waals surface area contributed by atoms with Crippen molar-refractivity contribution in [2.75, 3.05) is 0 Å². The molecular weight excluding hydrogens is 236 g/mol. The van der Waals surface area contributed by atoms with E-state index >= 15 is 0 Å². The van der Waals surface area contributed by atoms with E-state index in [4.69, 9.17) is 0 Å². The van der Waals surface area contributed by atoms with Crippen molar-refractivity contribution in [1.82, 2.24) is 9.97 Å². The first-order valence-corrected chi connectivity index (χ1v) is 6.25. The summed E-state index contributed by atoms with van der Waals surface area (Å²) < 4.78 is 0. The predicted molar refractivity (Wildman–Crippen MR) is 74.6 cm³/mol. The SMILES string of the molecule is OC(Cc1ccccn1)c1cccc2ccncc12. The molecule has 1 atom stereocenters. The van der Waals surface area contributed by atoms with Crippen molar-refractivity contribution in [2.45, 2.75) is 12.5 Å². The summed E-state index contributed by atoms with van der Waals surface area (Å²) >= 11 is 0. The van der Waals surface area contributed by atoms with Gasteiger partial charge in [0.05, 0.1) is 6.10 Å². The van der Waals surface area contributed by atoms with Crippen molar-refractivity contribution >= 4 is 10.8 Å². The molecule has 94 valence electrons. The normalized spacial score (nSPS) is 12.5. The Bertz CT molecular complexity index is 677. The second kappa shape index (κ2) is 5.16. The van der Waals surface area contributed by atoms with Crippen LogP contribution < -0.4 is 0 Å². The van der Waals surface area contributed by atoms with E-state index in [1.807, 2.05) is 42.5 Å². The van der Waals surface area contributed by atoms with Gasteiger partial charge < -0.3 is 5.11 Å². The number of aliphatic hydroxyl groups is 1. The first kappa shape index (κ1) is 11.8. The van der Waals surface area contributed by atoms with Gasteiger partial charge in [-0.25, -0.2) is 0 Å². The van der Waals surface area contributed by atoms with Gasteiger partial charge in [-0.15, -0.1) is 0 Å². The highest BCUT2D eigenvalue weighted by atomic mass is 16.3. The molecule has 0 aliphatic heterocycles. The van der Waals surface area contributed by atoms with Crippen LogP contribution >= 0.6 is 0 Å². The standard InChI is InChI=1S/C16H14N2O/c19-16(10-13-5-1-2-8-18-13)14-6-3-4-12-7-9-17-11-15(12)14/h1-9,11,16,19H,10H2. The largest absolute Gasteiger partial charge is 0.388 e. The smallest absolute Gasteiger partial charge is 0.0852 e. The summed E-state index contributed by atoms with van der Waals surface area (Å²) in [5, 5.41) is 12.5. The van der Waals surface area contributed by atoms with Crippen molar-refractivity contribution in [1.29, 1.82) is 0 Å². The maximum atomic E-state index is 10.4. The van der Waals surface area contributed by atoms with Gasteiger partial charge in [0.2, 0.25) is 0 Å².